The number of hydrogen-bond acceptors (Lipinski definition) is 2. The minimum atomic E-state index is -0.242. The number of benzene rings is 2. The molecule has 2 amide bonds. The second-order valence-corrected chi connectivity index (χ2v) is 7.13. The smallest absolute Gasteiger partial charge is 0.251 e. The number of nitrogens with one attached hydrogen (secondary N) is 2. The number of carbonyl (C=O) groups is 2. The van der Waals surface area contributed by atoms with E-state index < -0.39 is 0 Å². The fraction of sp³-hybridized carbons (Fsp3) is 0.364. The van der Waals surface area contributed by atoms with E-state index in [2.05, 4.69) is 10.6 Å². The highest BCUT2D eigenvalue weighted by molar-refractivity contribution is 5.97. The lowest BCUT2D eigenvalue weighted by Crippen LogP contribution is -2.42. The molecule has 0 saturated carbocycles. The first-order valence-corrected chi connectivity index (χ1v) is 9.14. The van der Waals surface area contributed by atoms with Gasteiger partial charge in [0.2, 0.25) is 5.91 Å². The Labute approximate surface area is 156 Å². The lowest BCUT2D eigenvalue weighted by Gasteiger charge is -2.24. The SMILES string of the molecule is CCC(C(=O)Nc1ccc(C(=O)NC(C)(C)CC)cc1)c1ccccc1. The molecule has 1 unspecified atom stereocenters. The maximum Gasteiger partial charge on any atom is 0.251 e. The third kappa shape index (κ3) is 5.19. The molecule has 2 aromatic carbocycles. The van der Waals surface area contributed by atoms with Gasteiger partial charge in [-0.05, 0) is 56.5 Å². The van der Waals surface area contributed by atoms with Crippen molar-refractivity contribution in [3.8, 4) is 0 Å². The van der Waals surface area contributed by atoms with E-state index in [9.17, 15) is 9.59 Å². The van der Waals surface area contributed by atoms with Gasteiger partial charge in [-0.2, -0.15) is 0 Å². The van der Waals surface area contributed by atoms with Crippen molar-refractivity contribution >= 4 is 17.5 Å². The summed E-state index contributed by atoms with van der Waals surface area (Å²) in [7, 11) is 0. The average Bonchev–Trinajstić information content (AvgIpc) is 2.63. The Morgan fingerprint density at radius 3 is 2.12 bits per heavy atom. The fourth-order valence-electron chi connectivity index (χ4n) is 2.66. The summed E-state index contributed by atoms with van der Waals surface area (Å²) in [6, 6.07) is 16.8. The van der Waals surface area contributed by atoms with Crippen molar-refractivity contribution in [1.29, 1.82) is 0 Å². The fourth-order valence-corrected chi connectivity index (χ4v) is 2.66. The van der Waals surface area contributed by atoms with Gasteiger partial charge in [-0.25, -0.2) is 0 Å². The van der Waals surface area contributed by atoms with Crippen LogP contribution in [0.4, 0.5) is 5.69 Å². The van der Waals surface area contributed by atoms with Gasteiger partial charge >= 0.3 is 0 Å². The number of carbonyl (C=O) groups excluding carboxylic acids is 2. The summed E-state index contributed by atoms with van der Waals surface area (Å²) in [5.74, 6) is -0.335. The molecular formula is C22H28N2O2. The van der Waals surface area contributed by atoms with Crippen LogP contribution in [-0.4, -0.2) is 17.4 Å². The Kier molecular flexibility index (Phi) is 6.56. The van der Waals surface area contributed by atoms with Gasteiger partial charge in [0.1, 0.15) is 0 Å². The summed E-state index contributed by atoms with van der Waals surface area (Å²) in [5.41, 5.74) is 2.04. The van der Waals surface area contributed by atoms with Crippen LogP contribution in [0.1, 0.15) is 62.4 Å². The highest BCUT2D eigenvalue weighted by Crippen LogP contribution is 2.22. The molecule has 0 bridgehead atoms. The van der Waals surface area contributed by atoms with Crippen molar-refractivity contribution in [3.05, 3.63) is 65.7 Å². The zero-order valence-electron chi connectivity index (χ0n) is 16.0. The quantitative estimate of drug-likeness (QED) is 0.756. The number of hydrogen-bond donors (Lipinski definition) is 2. The van der Waals surface area contributed by atoms with Crippen molar-refractivity contribution in [2.45, 2.75) is 52.0 Å². The van der Waals surface area contributed by atoms with Crippen LogP contribution in [0.2, 0.25) is 0 Å². The average molecular weight is 352 g/mol. The van der Waals surface area contributed by atoms with Crippen LogP contribution in [0, 0.1) is 0 Å². The van der Waals surface area contributed by atoms with Crippen LogP contribution in [0.5, 0.6) is 0 Å². The summed E-state index contributed by atoms with van der Waals surface area (Å²) in [4.78, 5) is 24.9. The van der Waals surface area contributed by atoms with Crippen molar-refractivity contribution < 1.29 is 9.59 Å². The largest absolute Gasteiger partial charge is 0.347 e. The maximum absolute atomic E-state index is 12.6. The van der Waals surface area contributed by atoms with E-state index in [-0.39, 0.29) is 23.3 Å². The Morgan fingerprint density at radius 2 is 1.58 bits per heavy atom. The molecule has 4 heteroatoms. The molecule has 0 aromatic heterocycles. The van der Waals surface area contributed by atoms with E-state index in [0.29, 0.717) is 11.3 Å². The first kappa shape index (κ1) is 19.7. The Balaban J connectivity index is 2.04. The number of anilines is 1. The molecular weight excluding hydrogens is 324 g/mol. The minimum absolute atomic E-state index is 0.0389. The molecule has 2 rings (SSSR count). The van der Waals surface area contributed by atoms with Crippen LogP contribution < -0.4 is 10.6 Å². The van der Waals surface area contributed by atoms with Crippen LogP contribution in [0.3, 0.4) is 0 Å². The van der Waals surface area contributed by atoms with Crippen molar-refractivity contribution in [2.24, 2.45) is 0 Å². The summed E-state index contributed by atoms with van der Waals surface area (Å²) in [6.07, 6.45) is 1.58. The second kappa shape index (κ2) is 8.65. The molecule has 26 heavy (non-hydrogen) atoms. The molecule has 138 valence electrons. The molecule has 0 saturated heterocycles. The molecule has 0 aliphatic heterocycles. The van der Waals surface area contributed by atoms with Gasteiger partial charge < -0.3 is 10.6 Å². The maximum atomic E-state index is 12.6. The van der Waals surface area contributed by atoms with Crippen molar-refractivity contribution in [1.82, 2.24) is 5.32 Å². The molecule has 0 heterocycles. The van der Waals surface area contributed by atoms with Crippen LogP contribution in [0.25, 0.3) is 0 Å². The lowest BCUT2D eigenvalue weighted by atomic mass is 9.95. The molecule has 4 nitrogen and oxygen atoms in total. The normalized spacial score (nSPS) is 12.3. The molecule has 0 aliphatic carbocycles. The molecule has 1 atom stereocenters. The predicted octanol–water partition coefficient (Wildman–Crippen LogP) is 4.74. The van der Waals surface area contributed by atoms with Gasteiger partial charge in [0.05, 0.1) is 5.92 Å². The first-order chi connectivity index (χ1) is 12.4. The molecule has 2 aromatic rings. The van der Waals surface area contributed by atoms with Gasteiger partial charge in [0, 0.05) is 16.8 Å². The zero-order chi connectivity index (χ0) is 19.2. The Hall–Kier alpha value is -2.62. The minimum Gasteiger partial charge on any atom is -0.347 e. The van der Waals surface area contributed by atoms with Gasteiger partial charge in [0.25, 0.3) is 5.91 Å². The van der Waals surface area contributed by atoms with Gasteiger partial charge in [-0.1, -0.05) is 44.2 Å². The van der Waals surface area contributed by atoms with Gasteiger partial charge in [-0.3, -0.25) is 9.59 Å². The summed E-state index contributed by atoms with van der Waals surface area (Å²) >= 11 is 0. The highest BCUT2D eigenvalue weighted by Gasteiger charge is 2.20. The molecule has 0 fully saturated rings. The van der Waals surface area contributed by atoms with Crippen LogP contribution in [0.15, 0.2) is 54.6 Å². The summed E-state index contributed by atoms with van der Waals surface area (Å²) in [5, 5.41) is 5.95. The Morgan fingerprint density at radius 1 is 0.962 bits per heavy atom. The monoisotopic (exact) mass is 352 g/mol. The molecule has 0 radical (unpaired) electrons. The van der Waals surface area contributed by atoms with E-state index in [1.165, 1.54) is 0 Å². The standard InChI is InChI=1S/C22H28N2O2/c1-5-19(16-10-8-7-9-11-16)21(26)23-18-14-12-17(13-15-18)20(25)24-22(3,4)6-2/h7-15,19H,5-6H2,1-4H3,(H,23,26)(H,24,25). The van der Waals surface area contributed by atoms with Crippen LogP contribution in [-0.2, 0) is 4.79 Å². The van der Waals surface area contributed by atoms with Crippen LogP contribution >= 0.6 is 0 Å². The predicted molar refractivity (Wildman–Crippen MR) is 106 cm³/mol. The molecule has 0 spiro atoms. The van der Waals surface area contributed by atoms with Crippen molar-refractivity contribution in [2.75, 3.05) is 5.32 Å². The topological polar surface area (TPSA) is 58.2 Å². The lowest BCUT2D eigenvalue weighted by molar-refractivity contribution is -0.117. The van der Waals surface area contributed by atoms with Gasteiger partial charge in [0.15, 0.2) is 0 Å². The number of rotatable bonds is 7. The highest BCUT2D eigenvalue weighted by atomic mass is 16.2. The third-order valence-electron chi connectivity index (χ3n) is 4.68. The number of amides is 2. The Bertz CT molecular complexity index is 736. The first-order valence-electron chi connectivity index (χ1n) is 9.14. The van der Waals surface area contributed by atoms with E-state index in [1.807, 2.05) is 58.0 Å². The zero-order valence-corrected chi connectivity index (χ0v) is 16.0. The van der Waals surface area contributed by atoms with E-state index in [1.54, 1.807) is 24.3 Å². The molecule has 0 aliphatic rings. The van der Waals surface area contributed by atoms with E-state index in [0.717, 1.165) is 18.4 Å². The third-order valence-corrected chi connectivity index (χ3v) is 4.68. The summed E-state index contributed by atoms with van der Waals surface area (Å²) in [6.45, 7) is 8.03. The molecule has 2 N–H and O–H groups in total. The van der Waals surface area contributed by atoms with E-state index in [4.69, 9.17) is 0 Å². The van der Waals surface area contributed by atoms with E-state index >= 15 is 0 Å². The van der Waals surface area contributed by atoms with Crippen molar-refractivity contribution in [3.63, 3.8) is 0 Å². The van der Waals surface area contributed by atoms with Gasteiger partial charge in [-0.15, -0.1) is 0 Å². The second-order valence-electron chi connectivity index (χ2n) is 7.13. The summed E-state index contributed by atoms with van der Waals surface area (Å²) < 4.78 is 0.